The second kappa shape index (κ2) is 5.37. The Hall–Kier alpha value is -1.75. The largest absolute Gasteiger partial charge is 0.411 e. The van der Waals surface area contributed by atoms with E-state index in [-0.39, 0.29) is 0 Å². The molecule has 82 valence electrons. The first kappa shape index (κ1) is 10.8. The van der Waals surface area contributed by atoms with Crippen molar-refractivity contribution in [2.24, 2.45) is 5.16 Å². The van der Waals surface area contributed by atoms with Crippen molar-refractivity contribution in [1.29, 1.82) is 0 Å². The van der Waals surface area contributed by atoms with Gasteiger partial charge in [-0.1, -0.05) is 11.2 Å². The fourth-order valence-electron chi connectivity index (χ4n) is 1.36. The molecule has 0 unspecified atom stereocenters. The number of hydrogen-bond acceptors (Lipinski definition) is 5. The molecule has 0 atom stereocenters. The number of rotatable bonds is 4. The lowest BCUT2D eigenvalue weighted by Crippen LogP contribution is -1.88. The van der Waals surface area contributed by atoms with E-state index in [1.165, 1.54) is 28.0 Å². The van der Waals surface area contributed by atoms with Gasteiger partial charge < -0.3 is 5.21 Å². The Labute approximate surface area is 97.3 Å². The van der Waals surface area contributed by atoms with Crippen molar-refractivity contribution in [2.75, 3.05) is 0 Å². The van der Waals surface area contributed by atoms with Crippen LogP contribution in [0.4, 0.5) is 0 Å². The number of oxime groups is 1. The van der Waals surface area contributed by atoms with E-state index in [1.807, 2.05) is 18.5 Å². The number of hydrogen-bond donors (Lipinski definition) is 1. The highest BCUT2D eigenvalue weighted by molar-refractivity contribution is 7.13. The first-order chi connectivity index (χ1) is 7.88. The molecule has 1 N–H and O–H groups in total. The van der Waals surface area contributed by atoms with E-state index >= 15 is 0 Å². The van der Waals surface area contributed by atoms with Gasteiger partial charge in [-0.25, -0.2) is 4.98 Å². The first-order valence-corrected chi connectivity index (χ1v) is 5.71. The molecule has 0 aromatic carbocycles. The first-order valence-electron chi connectivity index (χ1n) is 4.89. The third-order valence-corrected chi connectivity index (χ3v) is 3.11. The summed E-state index contributed by atoms with van der Waals surface area (Å²) in [6, 6.07) is 4.00. The van der Waals surface area contributed by atoms with Gasteiger partial charge in [0.1, 0.15) is 11.2 Å². The van der Waals surface area contributed by atoms with Gasteiger partial charge in [0.2, 0.25) is 0 Å². The number of thiazole rings is 1. The maximum Gasteiger partial charge on any atom is 0.137 e. The van der Waals surface area contributed by atoms with E-state index in [9.17, 15) is 0 Å². The van der Waals surface area contributed by atoms with Crippen LogP contribution in [0.1, 0.15) is 15.4 Å². The maximum atomic E-state index is 8.36. The van der Waals surface area contributed by atoms with E-state index in [4.69, 9.17) is 5.21 Å². The molecule has 0 fully saturated rings. The number of nitrogens with zero attached hydrogens (tertiary/aromatic N) is 3. The lowest BCUT2D eigenvalue weighted by molar-refractivity contribution is 0.322. The molecule has 2 rings (SSSR count). The molecule has 0 radical (unpaired) electrons. The summed E-state index contributed by atoms with van der Waals surface area (Å²) in [6.07, 6.45) is 8.69. The van der Waals surface area contributed by atoms with Crippen LogP contribution >= 0.6 is 11.3 Å². The normalized spacial score (nSPS) is 11.0. The van der Waals surface area contributed by atoms with Crippen LogP contribution in [0.2, 0.25) is 0 Å². The van der Waals surface area contributed by atoms with Crippen LogP contribution in [0.25, 0.3) is 0 Å². The fraction of sp³-hybridized carbons (Fsp3) is 0.182. The summed E-state index contributed by atoms with van der Waals surface area (Å²) in [6.45, 7) is 0. The monoisotopic (exact) mass is 233 g/mol. The second-order valence-corrected chi connectivity index (χ2v) is 4.42. The van der Waals surface area contributed by atoms with E-state index in [0.29, 0.717) is 0 Å². The molecule has 5 heteroatoms. The molecule has 0 amide bonds. The van der Waals surface area contributed by atoms with Crippen LogP contribution in [0.15, 0.2) is 35.9 Å². The van der Waals surface area contributed by atoms with Gasteiger partial charge in [0, 0.05) is 23.5 Å². The minimum atomic E-state index is 0.726. The van der Waals surface area contributed by atoms with Gasteiger partial charge in [-0.2, -0.15) is 0 Å². The molecule has 0 bridgehead atoms. The van der Waals surface area contributed by atoms with Crippen molar-refractivity contribution in [3.05, 3.63) is 46.2 Å². The Morgan fingerprint density at radius 3 is 3.06 bits per heavy atom. The van der Waals surface area contributed by atoms with Crippen LogP contribution in [0.3, 0.4) is 0 Å². The van der Waals surface area contributed by atoms with Crippen molar-refractivity contribution < 1.29 is 5.21 Å². The van der Waals surface area contributed by atoms with E-state index in [2.05, 4.69) is 21.2 Å². The zero-order valence-corrected chi connectivity index (χ0v) is 9.39. The van der Waals surface area contributed by atoms with Crippen molar-refractivity contribution in [3.63, 3.8) is 0 Å². The summed E-state index contributed by atoms with van der Waals surface area (Å²) in [7, 11) is 0. The Morgan fingerprint density at radius 2 is 2.31 bits per heavy atom. The highest BCUT2D eigenvalue weighted by Gasteiger charge is 2.00. The molecular formula is C11H11N3OS. The Bertz CT molecular complexity index is 467. The molecule has 4 nitrogen and oxygen atoms in total. The summed E-state index contributed by atoms with van der Waals surface area (Å²) >= 11 is 1.54. The van der Waals surface area contributed by atoms with Gasteiger partial charge in [-0.15, -0.1) is 11.3 Å². The van der Waals surface area contributed by atoms with Crippen molar-refractivity contribution >= 4 is 17.6 Å². The second-order valence-electron chi connectivity index (χ2n) is 3.27. The summed E-state index contributed by atoms with van der Waals surface area (Å²) in [5, 5.41) is 12.0. The molecule has 2 heterocycles. The molecule has 0 spiro atoms. The SMILES string of the molecule is O/N=C/c1ncc(CCc2cccnc2)s1. The third kappa shape index (κ3) is 2.87. The van der Waals surface area contributed by atoms with Gasteiger partial charge in [0.05, 0.1) is 0 Å². The zero-order valence-electron chi connectivity index (χ0n) is 8.58. The Balaban J connectivity index is 1.94. The van der Waals surface area contributed by atoms with Gasteiger partial charge >= 0.3 is 0 Å². The van der Waals surface area contributed by atoms with Crippen molar-refractivity contribution in [2.45, 2.75) is 12.8 Å². The van der Waals surface area contributed by atoms with Crippen LogP contribution in [-0.2, 0) is 12.8 Å². The summed E-state index contributed by atoms with van der Waals surface area (Å²) in [4.78, 5) is 9.36. The Morgan fingerprint density at radius 1 is 1.38 bits per heavy atom. The molecule has 0 saturated carbocycles. The molecule has 2 aromatic heterocycles. The highest BCUT2D eigenvalue weighted by Crippen LogP contribution is 2.13. The third-order valence-electron chi connectivity index (χ3n) is 2.12. The van der Waals surface area contributed by atoms with E-state index < -0.39 is 0 Å². The molecule has 0 aliphatic rings. The Kier molecular flexibility index (Phi) is 3.61. The summed E-state index contributed by atoms with van der Waals surface area (Å²) in [5.41, 5.74) is 1.22. The number of pyridine rings is 1. The van der Waals surface area contributed by atoms with Crippen LogP contribution < -0.4 is 0 Å². The predicted molar refractivity (Wildman–Crippen MR) is 63.1 cm³/mol. The topological polar surface area (TPSA) is 58.4 Å². The average molecular weight is 233 g/mol. The predicted octanol–water partition coefficient (Wildman–Crippen LogP) is 2.13. The van der Waals surface area contributed by atoms with Crippen LogP contribution in [0.5, 0.6) is 0 Å². The molecule has 0 aliphatic carbocycles. The molecule has 0 saturated heterocycles. The average Bonchev–Trinajstić information content (AvgIpc) is 2.76. The summed E-state index contributed by atoms with van der Waals surface area (Å²) < 4.78 is 0. The minimum Gasteiger partial charge on any atom is -0.411 e. The molecule has 16 heavy (non-hydrogen) atoms. The van der Waals surface area contributed by atoms with Crippen LogP contribution in [-0.4, -0.2) is 21.4 Å². The van der Waals surface area contributed by atoms with Gasteiger partial charge in [0.25, 0.3) is 0 Å². The van der Waals surface area contributed by atoms with Gasteiger partial charge in [-0.05, 0) is 24.5 Å². The van der Waals surface area contributed by atoms with Gasteiger partial charge in [-0.3, -0.25) is 4.98 Å². The quantitative estimate of drug-likeness (QED) is 0.500. The van der Waals surface area contributed by atoms with Gasteiger partial charge in [0.15, 0.2) is 0 Å². The smallest absolute Gasteiger partial charge is 0.137 e. The van der Waals surface area contributed by atoms with E-state index in [1.54, 1.807) is 6.20 Å². The molecule has 2 aromatic rings. The van der Waals surface area contributed by atoms with Crippen molar-refractivity contribution in [1.82, 2.24) is 9.97 Å². The highest BCUT2D eigenvalue weighted by atomic mass is 32.1. The standard InChI is InChI=1S/C11H11N3OS/c15-14-8-11-13-7-10(16-11)4-3-9-2-1-5-12-6-9/h1-2,5-8,15H,3-4H2/b14-8+. The summed E-state index contributed by atoms with van der Waals surface area (Å²) in [5.74, 6) is 0. The lowest BCUT2D eigenvalue weighted by Gasteiger charge is -1.97. The fourth-order valence-corrected chi connectivity index (χ4v) is 2.14. The zero-order chi connectivity index (χ0) is 11.2. The maximum absolute atomic E-state index is 8.36. The number of aryl methyl sites for hydroxylation is 2. The number of aromatic nitrogens is 2. The minimum absolute atomic E-state index is 0.726. The van der Waals surface area contributed by atoms with Crippen LogP contribution in [0, 0.1) is 0 Å². The van der Waals surface area contributed by atoms with E-state index in [0.717, 1.165) is 17.8 Å². The molecule has 0 aliphatic heterocycles. The molecular weight excluding hydrogens is 222 g/mol. The van der Waals surface area contributed by atoms with Crippen molar-refractivity contribution in [3.8, 4) is 0 Å². The lowest BCUT2D eigenvalue weighted by atomic mass is 10.1.